The van der Waals surface area contributed by atoms with Crippen LogP contribution in [0.2, 0.25) is 0 Å². The van der Waals surface area contributed by atoms with Crippen LogP contribution in [0.1, 0.15) is 32.1 Å². The first kappa shape index (κ1) is 25.4. The van der Waals surface area contributed by atoms with E-state index in [0.29, 0.717) is 25.8 Å². The molecule has 162 valence electrons. The molecule has 0 fully saturated rings. The van der Waals surface area contributed by atoms with Gasteiger partial charge in [0.1, 0.15) is 0 Å². The summed E-state index contributed by atoms with van der Waals surface area (Å²) in [5.41, 5.74) is -0.0626. The highest BCUT2D eigenvalue weighted by molar-refractivity contribution is 7.73. The van der Waals surface area contributed by atoms with Gasteiger partial charge in [-0.25, -0.2) is 0 Å². The van der Waals surface area contributed by atoms with Gasteiger partial charge in [0, 0.05) is 31.7 Å². The molecule has 0 saturated heterocycles. The van der Waals surface area contributed by atoms with Crippen LogP contribution in [0.5, 0.6) is 0 Å². The lowest BCUT2D eigenvalue weighted by Crippen LogP contribution is -2.40. The van der Waals surface area contributed by atoms with E-state index in [2.05, 4.69) is 10.6 Å². The molecule has 4 amide bonds. The van der Waals surface area contributed by atoms with E-state index in [-0.39, 0.29) is 41.9 Å². The van der Waals surface area contributed by atoms with Gasteiger partial charge in [0.2, 0.25) is 11.3 Å². The fourth-order valence-corrected chi connectivity index (χ4v) is 3.50. The van der Waals surface area contributed by atoms with Gasteiger partial charge >= 0.3 is 0 Å². The molecule has 1 rings (SSSR count). The highest BCUT2D eigenvalue weighted by Gasteiger charge is 2.25. The zero-order chi connectivity index (χ0) is 22.0. The smallest absolute Gasteiger partial charge is 0.253 e. The molecule has 0 aliphatic carbocycles. The third kappa shape index (κ3) is 9.14. The third-order valence-electron chi connectivity index (χ3n) is 4.40. The number of unbranched alkanes of at least 4 members (excludes halogenated alkanes) is 1. The first-order valence-corrected chi connectivity index (χ1v) is 14.1. The van der Waals surface area contributed by atoms with Crippen molar-refractivity contribution in [1.29, 1.82) is 0 Å². The van der Waals surface area contributed by atoms with E-state index < -0.39 is 21.9 Å². The molecule has 0 aromatic carbocycles. The minimum atomic E-state index is -0.852. The van der Waals surface area contributed by atoms with Gasteiger partial charge in [0.25, 0.3) is 11.8 Å². The lowest BCUT2D eigenvalue weighted by Gasteiger charge is -2.20. The summed E-state index contributed by atoms with van der Waals surface area (Å²) in [7, 11) is -1.51. The normalized spacial score (nSPS) is 14.6. The van der Waals surface area contributed by atoms with Crippen molar-refractivity contribution >= 4 is 44.7 Å². The van der Waals surface area contributed by atoms with E-state index in [0.717, 1.165) is 11.3 Å². The van der Waals surface area contributed by atoms with Crippen molar-refractivity contribution in [2.45, 2.75) is 38.1 Å². The summed E-state index contributed by atoms with van der Waals surface area (Å²) in [6, 6.07) is -0.583. The molecule has 1 atom stereocenters. The first-order chi connectivity index (χ1) is 13.6. The summed E-state index contributed by atoms with van der Waals surface area (Å²) in [4.78, 5) is 60.5. The molecule has 8 nitrogen and oxygen atoms in total. The summed E-state index contributed by atoms with van der Waals surface area (Å²) < 4.78 is 0. The van der Waals surface area contributed by atoms with E-state index >= 15 is 0 Å². The minimum absolute atomic E-state index is 0.0593. The molecule has 2 N–H and O–H groups in total. The summed E-state index contributed by atoms with van der Waals surface area (Å²) in [6.07, 6.45) is 4.91. The Kier molecular flexibility index (Phi) is 11.2. The second-order valence-corrected chi connectivity index (χ2v) is 11.6. The topological polar surface area (TPSA) is 113 Å². The van der Waals surface area contributed by atoms with Crippen LogP contribution in [-0.2, 0) is 14.4 Å². The molecule has 1 unspecified atom stereocenters. The summed E-state index contributed by atoms with van der Waals surface area (Å²) >= 11 is 0. The number of Topliss-reactive ketones (excluding diaryl/α,β-unsaturated/α-hetero) is 1. The van der Waals surface area contributed by atoms with E-state index in [1.54, 1.807) is 0 Å². The fraction of sp³-hybridized carbons (Fsp3) is 0.632. The highest BCUT2D eigenvalue weighted by atomic mass is 31.1. The second-order valence-electron chi connectivity index (χ2n) is 7.25. The predicted molar refractivity (Wildman–Crippen MR) is 117 cm³/mol. The Morgan fingerprint density at radius 1 is 0.931 bits per heavy atom. The number of ketones is 1. The maximum Gasteiger partial charge on any atom is 0.253 e. The Morgan fingerprint density at radius 3 is 2.07 bits per heavy atom. The quantitative estimate of drug-likeness (QED) is 0.258. The summed E-state index contributed by atoms with van der Waals surface area (Å²) in [5.74, 6) is -0.823. The number of nitrogens with one attached hydrogen (secondary N) is 2. The molecule has 1 aliphatic heterocycles. The van der Waals surface area contributed by atoms with Gasteiger partial charge < -0.3 is 10.6 Å². The summed E-state index contributed by atoms with van der Waals surface area (Å²) in [5, 5.41) is 5.69. The largest absolute Gasteiger partial charge is 0.353 e. The highest BCUT2D eigenvalue weighted by Crippen LogP contribution is 2.26. The molecule has 0 radical (unpaired) electrons. The average Bonchev–Trinajstić information content (AvgIpc) is 2.98. The Balaban J connectivity index is 2.47. The van der Waals surface area contributed by atoms with Crippen molar-refractivity contribution in [2.75, 3.05) is 39.7 Å². The van der Waals surface area contributed by atoms with Crippen molar-refractivity contribution < 1.29 is 24.0 Å². The third-order valence-corrected chi connectivity index (χ3v) is 6.31. The number of carbonyl (C=O) groups is 5. The standard InChI is InChI=1S/C19H31N3O5P2/c1-28(2)18(26)20-12-6-5-8-14(21-19(27)29(3)4)15(23)9-7-13-22-16(24)10-11-17(22)25/h10-11,14H,5-9,12-13H2,1-4H3,(H,20,26)(H,21,27). The maximum absolute atomic E-state index is 12.6. The predicted octanol–water partition coefficient (Wildman–Crippen LogP) is 2.70. The van der Waals surface area contributed by atoms with Crippen molar-refractivity contribution in [3.05, 3.63) is 12.2 Å². The SMILES string of the molecule is CP(C)C(=O)NCCCCC(NC(=O)P(C)C)C(=O)CCCN1C(=O)C=CC1=O. The number of carbonyl (C=O) groups excluding carboxylic acids is 5. The molecular formula is C19H31N3O5P2. The van der Waals surface area contributed by atoms with Crippen LogP contribution in [-0.4, -0.2) is 79.6 Å². The molecule has 0 aromatic rings. The molecule has 0 saturated carbocycles. The molecule has 10 heteroatoms. The minimum Gasteiger partial charge on any atom is -0.353 e. The van der Waals surface area contributed by atoms with E-state index in [4.69, 9.17) is 0 Å². The van der Waals surface area contributed by atoms with Crippen LogP contribution in [0.3, 0.4) is 0 Å². The van der Waals surface area contributed by atoms with Gasteiger partial charge in [-0.2, -0.15) is 0 Å². The molecule has 0 bridgehead atoms. The molecule has 1 aliphatic rings. The van der Waals surface area contributed by atoms with Crippen LogP contribution >= 0.6 is 15.8 Å². The van der Waals surface area contributed by atoms with Crippen LogP contribution in [0.4, 0.5) is 9.59 Å². The van der Waals surface area contributed by atoms with Gasteiger partial charge in [-0.1, -0.05) is 0 Å². The number of imide groups is 1. The first-order valence-electron chi connectivity index (χ1n) is 9.62. The average molecular weight is 443 g/mol. The van der Waals surface area contributed by atoms with Crippen molar-refractivity contribution in [3.63, 3.8) is 0 Å². The fourth-order valence-electron chi connectivity index (χ4n) is 2.66. The van der Waals surface area contributed by atoms with Gasteiger partial charge in [-0.05, 0) is 68.2 Å². The van der Waals surface area contributed by atoms with Crippen LogP contribution in [0.15, 0.2) is 12.2 Å². The summed E-state index contributed by atoms with van der Waals surface area (Å²) in [6.45, 7) is 8.17. The number of hydrogen-bond donors (Lipinski definition) is 2. The lowest BCUT2D eigenvalue weighted by molar-refractivity contribution is -0.137. The van der Waals surface area contributed by atoms with Crippen molar-refractivity contribution in [2.24, 2.45) is 0 Å². The Hall–Kier alpha value is -1.65. The van der Waals surface area contributed by atoms with Crippen LogP contribution < -0.4 is 10.6 Å². The number of amides is 4. The monoisotopic (exact) mass is 443 g/mol. The number of nitrogens with zero attached hydrogens (tertiary/aromatic N) is 1. The lowest BCUT2D eigenvalue weighted by atomic mass is 10.0. The van der Waals surface area contributed by atoms with E-state index in [1.165, 1.54) is 12.2 Å². The molecule has 1 heterocycles. The zero-order valence-electron chi connectivity index (χ0n) is 17.6. The number of rotatable bonds is 13. The van der Waals surface area contributed by atoms with Crippen molar-refractivity contribution in [3.8, 4) is 0 Å². The second kappa shape index (κ2) is 12.8. The maximum atomic E-state index is 12.6. The van der Waals surface area contributed by atoms with Gasteiger partial charge in [-0.15, -0.1) is 0 Å². The van der Waals surface area contributed by atoms with Crippen LogP contribution in [0, 0.1) is 0 Å². The zero-order valence-corrected chi connectivity index (χ0v) is 19.4. The molecule has 0 spiro atoms. The van der Waals surface area contributed by atoms with Gasteiger partial charge in [0.05, 0.1) is 6.04 Å². The molecule has 29 heavy (non-hydrogen) atoms. The van der Waals surface area contributed by atoms with E-state index in [9.17, 15) is 24.0 Å². The van der Waals surface area contributed by atoms with E-state index in [1.807, 2.05) is 26.7 Å². The Bertz CT molecular complexity index is 646. The molecule has 0 aromatic heterocycles. The van der Waals surface area contributed by atoms with Crippen LogP contribution in [0.25, 0.3) is 0 Å². The van der Waals surface area contributed by atoms with Gasteiger partial charge in [-0.3, -0.25) is 28.9 Å². The Morgan fingerprint density at radius 2 is 1.52 bits per heavy atom. The number of hydrogen-bond acceptors (Lipinski definition) is 5. The van der Waals surface area contributed by atoms with Gasteiger partial charge in [0.15, 0.2) is 5.78 Å². The Labute approximate surface area is 174 Å². The van der Waals surface area contributed by atoms with Crippen molar-refractivity contribution in [1.82, 2.24) is 15.5 Å². The molecular weight excluding hydrogens is 412 g/mol.